The monoisotopic (exact) mass is 1270 g/mol. The minimum absolute atomic E-state index is 0.482. The summed E-state index contributed by atoms with van der Waals surface area (Å²) in [5.41, 5.74) is 36.5. The number of nitrogens with zero attached hydrogens (tertiary/aromatic N) is 2. The van der Waals surface area contributed by atoms with Crippen LogP contribution in [0.5, 0.6) is 0 Å². The van der Waals surface area contributed by atoms with Gasteiger partial charge in [0.25, 0.3) is 0 Å². The lowest BCUT2D eigenvalue weighted by Crippen LogP contribution is -2.25. The Morgan fingerprint density at radius 2 is 0.470 bits per heavy atom. The average molecular weight is 1270 g/mol. The number of furan rings is 2. The van der Waals surface area contributed by atoms with Crippen molar-refractivity contribution in [1.29, 1.82) is 0 Å². The van der Waals surface area contributed by atoms with Crippen molar-refractivity contribution in [1.82, 2.24) is 9.97 Å². The van der Waals surface area contributed by atoms with Gasteiger partial charge in [-0.1, -0.05) is 279 Å². The third kappa shape index (κ3) is 7.59. The minimum atomic E-state index is -0.482. The molecular formula is C96H56N2O2. The highest BCUT2D eigenvalue weighted by Crippen LogP contribution is 2.65. The van der Waals surface area contributed by atoms with Gasteiger partial charge in [0, 0.05) is 43.8 Å². The molecule has 4 aromatic heterocycles. The van der Waals surface area contributed by atoms with Crippen LogP contribution in [0.3, 0.4) is 0 Å². The normalized spacial score (nSPS) is 13.6. The summed E-state index contributed by atoms with van der Waals surface area (Å²) in [4.78, 5) is 11.7. The molecular weight excluding hydrogens is 1210 g/mol. The van der Waals surface area contributed by atoms with E-state index >= 15 is 0 Å². The molecule has 22 rings (SSSR count). The minimum Gasteiger partial charge on any atom is -0.455 e. The Morgan fingerprint density at radius 1 is 0.180 bits per heavy atom. The maximum atomic E-state index is 6.70. The van der Waals surface area contributed by atoms with Gasteiger partial charge < -0.3 is 8.83 Å². The second-order valence-electron chi connectivity index (χ2n) is 27.3. The number of fused-ring (bicyclic) bond motifs is 26. The van der Waals surface area contributed by atoms with Crippen LogP contribution in [-0.4, -0.2) is 9.97 Å². The predicted octanol–water partition coefficient (Wildman–Crippen LogP) is 24.6. The van der Waals surface area contributed by atoms with Crippen LogP contribution in [0.4, 0.5) is 0 Å². The highest BCUT2D eigenvalue weighted by Gasteiger charge is 2.53. The van der Waals surface area contributed by atoms with Crippen molar-refractivity contribution in [2.24, 2.45) is 0 Å². The summed E-state index contributed by atoms with van der Waals surface area (Å²) in [5, 5.41) is 4.39. The molecule has 0 aliphatic heterocycles. The van der Waals surface area contributed by atoms with Crippen molar-refractivity contribution in [3.05, 3.63) is 384 Å². The van der Waals surface area contributed by atoms with E-state index in [9.17, 15) is 0 Å². The Bertz CT molecular complexity index is 6090. The smallest absolute Gasteiger partial charge is 0.143 e. The number of para-hydroxylation sites is 4. The maximum Gasteiger partial charge on any atom is 0.143 e. The molecule has 0 saturated carbocycles. The zero-order valence-electron chi connectivity index (χ0n) is 54.0. The van der Waals surface area contributed by atoms with Crippen LogP contribution in [0.2, 0.25) is 0 Å². The molecule has 0 saturated heterocycles. The van der Waals surface area contributed by atoms with Gasteiger partial charge in [-0.2, -0.15) is 0 Å². The fourth-order valence-corrected chi connectivity index (χ4v) is 18.2. The topological polar surface area (TPSA) is 52.1 Å². The largest absolute Gasteiger partial charge is 0.455 e. The Labute approximate surface area is 577 Å². The van der Waals surface area contributed by atoms with Crippen LogP contribution in [0.25, 0.3) is 167 Å². The summed E-state index contributed by atoms with van der Waals surface area (Å²) in [6, 6.07) is 125. The van der Waals surface area contributed by atoms with Gasteiger partial charge in [-0.05, 0) is 183 Å². The van der Waals surface area contributed by atoms with Crippen molar-refractivity contribution < 1.29 is 8.83 Å². The van der Waals surface area contributed by atoms with Crippen molar-refractivity contribution in [3.8, 4) is 123 Å². The molecule has 4 aliphatic carbocycles. The van der Waals surface area contributed by atoms with Crippen LogP contribution in [0, 0.1) is 0 Å². The average Bonchev–Trinajstić information content (AvgIpc) is 1.52. The van der Waals surface area contributed by atoms with E-state index in [-0.39, 0.29) is 0 Å². The second-order valence-corrected chi connectivity index (χ2v) is 27.3. The quantitative estimate of drug-likeness (QED) is 0.160. The molecule has 0 fully saturated rings. The Hall–Kier alpha value is -13.0. The molecule has 100 heavy (non-hydrogen) atoms. The van der Waals surface area contributed by atoms with E-state index in [4.69, 9.17) is 18.8 Å². The number of benzene rings is 14. The number of aromatic nitrogens is 2. The van der Waals surface area contributed by atoms with E-state index in [0.29, 0.717) is 0 Å². The lowest BCUT2D eigenvalue weighted by molar-refractivity contribution is 0.669. The lowest BCUT2D eigenvalue weighted by atomic mass is 9.70. The summed E-state index contributed by atoms with van der Waals surface area (Å²) in [5.74, 6) is 0. The Morgan fingerprint density at radius 3 is 0.860 bits per heavy atom. The first kappa shape index (κ1) is 55.1. The first-order chi connectivity index (χ1) is 49.5. The van der Waals surface area contributed by atoms with Gasteiger partial charge in [-0.3, -0.25) is 0 Å². The summed E-state index contributed by atoms with van der Waals surface area (Å²) < 4.78 is 13.4. The lowest BCUT2D eigenvalue weighted by Gasteiger charge is -2.30. The predicted molar refractivity (Wildman–Crippen MR) is 407 cm³/mol. The maximum absolute atomic E-state index is 6.70. The zero-order valence-corrected chi connectivity index (χ0v) is 54.0. The Balaban J connectivity index is 0.769. The van der Waals surface area contributed by atoms with Gasteiger partial charge in [-0.25, -0.2) is 9.97 Å². The molecule has 4 aliphatic rings. The van der Waals surface area contributed by atoms with Crippen LogP contribution in [0.1, 0.15) is 44.5 Å². The third-order valence-electron chi connectivity index (χ3n) is 22.3. The first-order valence-corrected chi connectivity index (χ1v) is 34.5. The van der Waals surface area contributed by atoms with Gasteiger partial charge in [0.05, 0.1) is 33.6 Å². The standard InChI is InChI=1S/C96H56N2O2/c1-9-37-79-67(25-1)68-26-2-10-38-80(68)95(79)83-41-13-5-29-71(83)77-51-61(45-47-85(77)95)87-53-63(57-21-17-23-59(49-57)65-33-19-35-75-73-31-7-15-43-91(73)99-93(65)75)55-89(97-87)90-56-64(58-22-18-24-60(50-58)66-34-20-36-76-74-32-8-16-44-92(74)100-94(66)76)54-88(98-90)62-46-48-86-78(52-62)72-30-6-14-42-84(72)96(86)81-39-11-3-27-69(81)70-28-4-12-40-82(70)96/h1-56H. The van der Waals surface area contributed by atoms with E-state index in [1.165, 1.54) is 89.0 Å². The van der Waals surface area contributed by atoms with Gasteiger partial charge in [0.15, 0.2) is 0 Å². The summed E-state index contributed by atoms with van der Waals surface area (Å²) >= 11 is 0. The summed E-state index contributed by atoms with van der Waals surface area (Å²) in [7, 11) is 0. The van der Waals surface area contributed by atoms with Crippen molar-refractivity contribution in [2.75, 3.05) is 0 Å². The van der Waals surface area contributed by atoms with Crippen LogP contribution in [-0.2, 0) is 10.8 Å². The molecule has 0 bridgehead atoms. The van der Waals surface area contributed by atoms with E-state index in [0.717, 1.165) is 122 Å². The Kier molecular flexibility index (Phi) is 11.4. The summed E-state index contributed by atoms with van der Waals surface area (Å²) in [6.45, 7) is 0. The molecule has 18 aromatic rings. The molecule has 4 heteroatoms. The number of hydrogen-bond acceptors (Lipinski definition) is 4. The molecule has 0 atom stereocenters. The summed E-state index contributed by atoms with van der Waals surface area (Å²) in [6.07, 6.45) is 0. The molecule has 4 nitrogen and oxygen atoms in total. The van der Waals surface area contributed by atoms with Crippen LogP contribution < -0.4 is 0 Å². The van der Waals surface area contributed by atoms with Gasteiger partial charge in [0.1, 0.15) is 22.3 Å². The molecule has 0 radical (unpaired) electrons. The fraction of sp³-hybridized carbons (Fsp3) is 0.0208. The highest BCUT2D eigenvalue weighted by molar-refractivity contribution is 6.11. The molecule has 0 unspecified atom stereocenters. The van der Waals surface area contributed by atoms with Crippen molar-refractivity contribution in [3.63, 3.8) is 0 Å². The third-order valence-corrected chi connectivity index (χ3v) is 22.3. The van der Waals surface area contributed by atoms with Gasteiger partial charge >= 0.3 is 0 Å². The van der Waals surface area contributed by atoms with Crippen molar-refractivity contribution >= 4 is 43.9 Å². The zero-order chi connectivity index (χ0) is 65.4. The number of hydrogen-bond donors (Lipinski definition) is 0. The molecule has 4 heterocycles. The van der Waals surface area contributed by atoms with E-state index in [1.807, 2.05) is 12.1 Å². The van der Waals surface area contributed by atoms with Crippen LogP contribution in [0.15, 0.2) is 349 Å². The van der Waals surface area contributed by atoms with Gasteiger partial charge in [-0.15, -0.1) is 0 Å². The molecule has 14 aromatic carbocycles. The fourth-order valence-electron chi connectivity index (χ4n) is 18.2. The van der Waals surface area contributed by atoms with Crippen molar-refractivity contribution in [2.45, 2.75) is 10.8 Å². The molecule has 0 N–H and O–H groups in total. The number of pyridine rings is 2. The van der Waals surface area contributed by atoms with E-state index < -0.39 is 10.8 Å². The SMILES string of the molecule is c1cc(-c2cc(-c3ccc4c(c3)-c3ccccc3C43c4ccccc4-c4ccccc43)nc(-c3cc(-c4cccc(-c5cccc6c5oc5ccccc56)c4)cc(-c4ccc5c(c4)-c4ccccc4C54c5ccccc5-c5ccccc54)n3)c2)cc(-c2cccc3c2oc2ccccc23)c1. The highest BCUT2D eigenvalue weighted by atomic mass is 16.3. The van der Waals surface area contributed by atoms with E-state index in [2.05, 4.69) is 328 Å². The molecule has 0 amide bonds. The second kappa shape index (κ2) is 20.8. The number of rotatable bonds is 7. The van der Waals surface area contributed by atoms with E-state index in [1.54, 1.807) is 0 Å². The first-order valence-electron chi connectivity index (χ1n) is 34.5. The van der Waals surface area contributed by atoms with Gasteiger partial charge in [0.2, 0.25) is 0 Å². The molecule has 462 valence electrons. The van der Waals surface area contributed by atoms with Crippen LogP contribution >= 0.6 is 0 Å². The molecule has 2 spiro atoms.